The molecule has 0 aliphatic carbocycles. The van der Waals surface area contributed by atoms with Crippen LogP contribution in [0.5, 0.6) is 0 Å². The second-order valence-electron chi connectivity index (χ2n) is 5.36. The summed E-state index contributed by atoms with van der Waals surface area (Å²) in [5, 5.41) is 9.46. The Kier molecular flexibility index (Phi) is 5.64. The zero-order valence-corrected chi connectivity index (χ0v) is 17.8. The second kappa shape index (κ2) is 7.70. The first-order chi connectivity index (χ1) is 11.3. The third-order valence-electron chi connectivity index (χ3n) is 3.93. The van der Waals surface area contributed by atoms with Crippen molar-refractivity contribution in [2.45, 2.75) is 6.42 Å². The Bertz CT molecular complexity index is 719. The maximum atomic E-state index is 9.46. The number of aliphatic hydroxyl groups is 1. The Hall–Kier alpha value is -1.02. The molecule has 0 aliphatic rings. The Balaban J connectivity index is 2.26. The minimum absolute atomic E-state index is 0.177. The molecule has 0 spiro atoms. The van der Waals surface area contributed by atoms with Crippen molar-refractivity contribution in [2.75, 3.05) is 6.61 Å². The summed E-state index contributed by atoms with van der Waals surface area (Å²) < 4.78 is 4.17. The Labute approximate surface area is 147 Å². The molecule has 3 aromatic rings. The molecular weight excluding hydrogens is 545 g/mol. The van der Waals surface area contributed by atoms with Crippen molar-refractivity contribution in [2.24, 2.45) is 0 Å². The van der Waals surface area contributed by atoms with Gasteiger partial charge in [0.05, 0.1) is 0 Å². The molecule has 1 radical (unpaired) electrons. The van der Waals surface area contributed by atoms with E-state index in [2.05, 4.69) is 97.1 Å². The predicted octanol–water partition coefficient (Wildman–Crippen LogP) is 2.58. The van der Waals surface area contributed by atoms with Crippen LogP contribution < -0.4 is 9.81 Å². The molecule has 0 aliphatic heterocycles. The van der Waals surface area contributed by atoms with Crippen LogP contribution in [0.25, 0.3) is 0 Å². The van der Waals surface area contributed by atoms with E-state index in [1.165, 1.54) is 15.4 Å². The summed E-state index contributed by atoms with van der Waals surface area (Å²) in [6.45, 7) is 0.177. The molecule has 0 unspecified atom stereocenters. The molecule has 3 aromatic carbocycles. The summed E-state index contributed by atoms with van der Waals surface area (Å²) in [4.78, 5) is 0. The van der Waals surface area contributed by atoms with E-state index in [0.717, 1.165) is 0 Å². The van der Waals surface area contributed by atoms with Gasteiger partial charge < -0.3 is 0 Å². The van der Waals surface area contributed by atoms with E-state index >= 15 is 0 Å². The molecule has 1 N–H and O–H groups in total. The third-order valence-corrected chi connectivity index (χ3v) is 26.6. The van der Waals surface area contributed by atoms with Crippen molar-refractivity contribution in [1.82, 2.24) is 0 Å². The van der Waals surface area contributed by atoms with E-state index in [0.29, 0.717) is 6.42 Å². The van der Waals surface area contributed by atoms with Gasteiger partial charge in [-0.15, -0.1) is 0 Å². The van der Waals surface area contributed by atoms with Crippen molar-refractivity contribution in [3.63, 3.8) is 0 Å². The summed E-state index contributed by atoms with van der Waals surface area (Å²) in [5.41, 5.74) is 1.25. The number of hydrogen-bond donors (Lipinski definition) is 1. The molecule has 0 atom stereocenters. The average molecular weight is 564 g/mol. The summed E-state index contributed by atoms with van der Waals surface area (Å²) in [6, 6.07) is 30.1. The minimum atomic E-state index is -3.26. The van der Waals surface area contributed by atoms with Crippen LogP contribution in [0.2, 0.25) is 0 Å². The summed E-state index contributed by atoms with van der Waals surface area (Å²) >= 11 is 1.00. The topological polar surface area (TPSA) is 20.2 Å². The molecule has 3 heteroatoms. The van der Waals surface area contributed by atoms with Crippen molar-refractivity contribution in [1.29, 1.82) is 0 Å². The zero-order valence-electron chi connectivity index (χ0n) is 12.8. The summed E-state index contributed by atoms with van der Waals surface area (Å²) in [7, 11) is 0. The van der Waals surface area contributed by atoms with Gasteiger partial charge in [-0.2, -0.15) is 0 Å². The van der Waals surface area contributed by atoms with Gasteiger partial charge in [0.25, 0.3) is 0 Å². The Morgan fingerprint density at radius 2 is 1.17 bits per heavy atom. The second-order valence-corrected chi connectivity index (χ2v) is 25.2. The van der Waals surface area contributed by atoms with E-state index in [1.807, 2.05) is 0 Å². The molecule has 0 saturated heterocycles. The first-order valence-corrected chi connectivity index (χ1v) is 20.4. The zero-order chi connectivity index (χ0) is 16.1. The number of rotatable bonds is 5. The molecule has 0 amide bonds. The van der Waals surface area contributed by atoms with Crippen LogP contribution in [0.1, 0.15) is 5.56 Å². The standard InChI is InChI=1S/C8H9O.2C6H5.Bi.BrH/c9-7-6-8-4-2-1-3-5-8;2*1-2-4-6-5-3-1;;/h1-4,9H,6-7H2;2*1-5H;;1H/q;;;+1;/p-1. The third kappa shape index (κ3) is 3.43. The van der Waals surface area contributed by atoms with Gasteiger partial charge in [0, 0.05) is 0 Å². The van der Waals surface area contributed by atoms with E-state index < -0.39 is 17.9 Å². The van der Waals surface area contributed by atoms with E-state index in [1.54, 1.807) is 0 Å². The fourth-order valence-corrected chi connectivity index (χ4v) is 21.3. The molecule has 0 saturated carbocycles. The van der Waals surface area contributed by atoms with Gasteiger partial charge in [0.1, 0.15) is 0 Å². The molecule has 0 aromatic heterocycles. The Morgan fingerprint density at radius 1 is 0.696 bits per heavy atom. The van der Waals surface area contributed by atoms with Gasteiger partial charge in [-0.1, -0.05) is 0 Å². The van der Waals surface area contributed by atoms with Crippen LogP contribution in [-0.2, 0) is 6.42 Å². The molecular formula is C20H19BiBrO. The van der Waals surface area contributed by atoms with Gasteiger partial charge >= 0.3 is 149 Å². The van der Waals surface area contributed by atoms with Crippen LogP contribution in [0, 0.1) is 0 Å². The molecule has 0 fully saturated rings. The molecule has 117 valence electrons. The van der Waals surface area contributed by atoms with Crippen molar-refractivity contribution in [3.05, 3.63) is 90.5 Å². The van der Waals surface area contributed by atoms with Gasteiger partial charge in [0.2, 0.25) is 0 Å². The van der Waals surface area contributed by atoms with Gasteiger partial charge in [0.15, 0.2) is 0 Å². The monoisotopic (exact) mass is 563 g/mol. The molecule has 23 heavy (non-hydrogen) atoms. The van der Waals surface area contributed by atoms with Crippen LogP contribution in [0.4, 0.5) is 0 Å². The van der Waals surface area contributed by atoms with Gasteiger partial charge in [-0.05, 0) is 0 Å². The van der Waals surface area contributed by atoms with E-state index in [9.17, 15) is 5.11 Å². The quantitative estimate of drug-likeness (QED) is 0.473. The van der Waals surface area contributed by atoms with Crippen LogP contribution >= 0.6 is 12.2 Å². The van der Waals surface area contributed by atoms with E-state index in [-0.39, 0.29) is 6.61 Å². The summed E-state index contributed by atoms with van der Waals surface area (Å²) in [6.07, 6.45) is 0.696. The maximum absolute atomic E-state index is 9.46. The van der Waals surface area contributed by atoms with Crippen molar-refractivity contribution in [3.8, 4) is 0 Å². The fraction of sp³-hybridized carbons (Fsp3) is 0.100. The number of hydrogen-bond acceptors (Lipinski definition) is 1. The van der Waals surface area contributed by atoms with Gasteiger partial charge in [-0.25, -0.2) is 0 Å². The molecule has 0 bridgehead atoms. The van der Waals surface area contributed by atoms with Crippen LogP contribution in [-0.4, -0.2) is 29.6 Å². The van der Waals surface area contributed by atoms with E-state index in [4.69, 9.17) is 0 Å². The van der Waals surface area contributed by atoms with Crippen molar-refractivity contribution >= 4 is 40.0 Å². The number of aliphatic hydroxyl groups excluding tert-OH is 1. The van der Waals surface area contributed by atoms with Crippen molar-refractivity contribution < 1.29 is 5.11 Å². The molecule has 0 heterocycles. The number of benzene rings is 3. The molecule has 1 nitrogen and oxygen atoms in total. The number of halogens is 1. The average Bonchev–Trinajstić information content (AvgIpc) is 2.63. The molecule has 3 rings (SSSR count). The van der Waals surface area contributed by atoms with Crippen LogP contribution in [0.3, 0.4) is 0 Å². The predicted molar refractivity (Wildman–Crippen MR) is 104 cm³/mol. The first-order valence-electron chi connectivity index (χ1n) is 7.66. The van der Waals surface area contributed by atoms with Crippen LogP contribution in [0.15, 0.2) is 84.9 Å². The Morgan fingerprint density at radius 3 is 1.70 bits per heavy atom. The van der Waals surface area contributed by atoms with Gasteiger partial charge in [-0.3, -0.25) is 0 Å². The SMILES string of the molecule is OCCc1cccc[c]1[Bi]([Br])([c]1ccccc1)[c]1ccccc1. The normalized spacial score (nSPS) is 11.4. The summed E-state index contributed by atoms with van der Waals surface area (Å²) in [5.74, 6) is 0. The first kappa shape index (κ1) is 16.8. The fourth-order valence-electron chi connectivity index (χ4n) is 2.84.